The third-order valence-electron chi connectivity index (χ3n) is 1.48. The van der Waals surface area contributed by atoms with Crippen LogP contribution >= 0.6 is 0 Å². The molecule has 1 N–H and O–H groups in total. The van der Waals surface area contributed by atoms with Crippen LogP contribution in [0.4, 0.5) is 0 Å². The summed E-state index contributed by atoms with van der Waals surface area (Å²) >= 11 is 0. The second-order valence-electron chi connectivity index (χ2n) is 3.35. The van der Waals surface area contributed by atoms with Gasteiger partial charge in [-0.05, 0) is 18.1 Å². The summed E-state index contributed by atoms with van der Waals surface area (Å²) in [5.74, 6) is 0.0743. The lowest BCUT2D eigenvalue weighted by molar-refractivity contribution is 0.0205. The lowest BCUT2D eigenvalue weighted by Gasteiger charge is -2.06. The van der Waals surface area contributed by atoms with Gasteiger partial charge in [0.15, 0.2) is 0 Å². The Morgan fingerprint density at radius 3 is 2.93 bits per heavy atom. The molecule has 1 rings (SSSR count). The van der Waals surface area contributed by atoms with E-state index in [0.29, 0.717) is 18.2 Å². The third-order valence-corrected chi connectivity index (χ3v) is 1.48. The van der Waals surface area contributed by atoms with Crippen LogP contribution in [0.1, 0.15) is 24.3 Å². The Morgan fingerprint density at radius 1 is 1.57 bits per heavy atom. The number of hydrogen-bond acceptors (Lipinski definition) is 3. The van der Waals surface area contributed by atoms with Crippen LogP contribution in [-0.2, 0) is 4.84 Å². The van der Waals surface area contributed by atoms with Crippen molar-refractivity contribution in [2.45, 2.75) is 13.8 Å². The summed E-state index contributed by atoms with van der Waals surface area (Å²) in [7, 11) is 0. The van der Waals surface area contributed by atoms with Crippen molar-refractivity contribution in [3.05, 3.63) is 30.1 Å². The van der Waals surface area contributed by atoms with Crippen LogP contribution in [0.15, 0.2) is 24.4 Å². The third kappa shape index (κ3) is 3.53. The Balaban J connectivity index is 2.36. The van der Waals surface area contributed by atoms with Crippen LogP contribution in [-0.4, -0.2) is 17.5 Å². The molecule has 1 aromatic heterocycles. The Hall–Kier alpha value is -1.42. The van der Waals surface area contributed by atoms with E-state index in [9.17, 15) is 4.79 Å². The number of rotatable bonds is 4. The van der Waals surface area contributed by atoms with E-state index >= 15 is 0 Å². The Labute approximate surface area is 83.3 Å². The molecule has 0 bridgehead atoms. The first-order valence-electron chi connectivity index (χ1n) is 4.53. The highest BCUT2D eigenvalue weighted by Crippen LogP contribution is 1.94. The molecule has 1 aromatic rings. The largest absolute Gasteiger partial charge is 0.293 e. The Morgan fingerprint density at radius 2 is 2.36 bits per heavy atom. The van der Waals surface area contributed by atoms with E-state index in [-0.39, 0.29) is 5.91 Å². The second kappa shape index (κ2) is 5.34. The molecule has 0 radical (unpaired) electrons. The van der Waals surface area contributed by atoms with E-state index in [0.717, 1.165) is 0 Å². The monoisotopic (exact) mass is 194 g/mol. The molecular formula is C10H14N2O2. The van der Waals surface area contributed by atoms with Crippen LogP contribution < -0.4 is 5.48 Å². The van der Waals surface area contributed by atoms with Crippen molar-refractivity contribution in [3.8, 4) is 0 Å². The van der Waals surface area contributed by atoms with Gasteiger partial charge in [-0.25, -0.2) is 5.48 Å². The first-order valence-corrected chi connectivity index (χ1v) is 4.53. The molecule has 0 spiro atoms. The summed E-state index contributed by atoms with van der Waals surface area (Å²) in [6.07, 6.45) is 1.57. The van der Waals surface area contributed by atoms with Gasteiger partial charge in [-0.15, -0.1) is 0 Å². The maximum Gasteiger partial charge on any atom is 0.293 e. The zero-order valence-electron chi connectivity index (χ0n) is 8.36. The first kappa shape index (κ1) is 10.7. The average molecular weight is 194 g/mol. The molecule has 0 fully saturated rings. The van der Waals surface area contributed by atoms with Crippen LogP contribution in [0.5, 0.6) is 0 Å². The van der Waals surface area contributed by atoms with Crippen molar-refractivity contribution >= 4 is 5.91 Å². The van der Waals surface area contributed by atoms with Gasteiger partial charge in [-0.1, -0.05) is 19.9 Å². The summed E-state index contributed by atoms with van der Waals surface area (Å²) in [5, 5.41) is 0. The number of carbonyl (C=O) groups excluding carboxylic acids is 1. The van der Waals surface area contributed by atoms with Crippen molar-refractivity contribution in [3.63, 3.8) is 0 Å². The van der Waals surface area contributed by atoms with Crippen LogP contribution in [0, 0.1) is 5.92 Å². The van der Waals surface area contributed by atoms with Gasteiger partial charge in [0, 0.05) is 6.20 Å². The molecular weight excluding hydrogens is 180 g/mol. The van der Waals surface area contributed by atoms with Crippen molar-refractivity contribution in [2.75, 3.05) is 6.61 Å². The maximum absolute atomic E-state index is 11.3. The molecule has 4 heteroatoms. The first-order chi connectivity index (χ1) is 6.70. The standard InChI is InChI=1S/C10H14N2O2/c1-8(2)7-14-12-10(13)9-5-3-4-6-11-9/h3-6,8H,7H2,1-2H3,(H,12,13). The van der Waals surface area contributed by atoms with Crippen LogP contribution in [0.3, 0.4) is 0 Å². The van der Waals surface area contributed by atoms with E-state index < -0.39 is 0 Å². The molecule has 4 nitrogen and oxygen atoms in total. The van der Waals surface area contributed by atoms with E-state index in [1.807, 2.05) is 13.8 Å². The highest BCUT2D eigenvalue weighted by atomic mass is 16.6. The molecule has 1 heterocycles. The average Bonchev–Trinajstić information content (AvgIpc) is 2.18. The van der Waals surface area contributed by atoms with Crippen LogP contribution in [0.2, 0.25) is 0 Å². The number of nitrogens with one attached hydrogen (secondary N) is 1. The summed E-state index contributed by atoms with van der Waals surface area (Å²) in [6.45, 7) is 4.51. The van der Waals surface area contributed by atoms with Gasteiger partial charge in [0.2, 0.25) is 0 Å². The molecule has 0 atom stereocenters. The fourth-order valence-corrected chi connectivity index (χ4v) is 0.823. The zero-order valence-corrected chi connectivity index (χ0v) is 8.36. The number of aromatic nitrogens is 1. The van der Waals surface area contributed by atoms with Crippen molar-refractivity contribution in [2.24, 2.45) is 5.92 Å². The highest BCUT2D eigenvalue weighted by molar-refractivity contribution is 5.91. The minimum absolute atomic E-state index is 0.314. The van der Waals surface area contributed by atoms with Crippen molar-refractivity contribution in [1.82, 2.24) is 10.5 Å². The molecule has 0 aliphatic heterocycles. The lowest BCUT2D eigenvalue weighted by Crippen LogP contribution is -2.26. The van der Waals surface area contributed by atoms with Crippen LogP contribution in [0.25, 0.3) is 0 Å². The predicted octanol–water partition coefficient (Wildman–Crippen LogP) is 1.40. The van der Waals surface area contributed by atoms with Gasteiger partial charge < -0.3 is 0 Å². The molecule has 0 saturated carbocycles. The summed E-state index contributed by atoms with van der Waals surface area (Å²) in [6, 6.07) is 5.14. The van der Waals surface area contributed by atoms with Crippen molar-refractivity contribution in [1.29, 1.82) is 0 Å². The fourth-order valence-electron chi connectivity index (χ4n) is 0.823. The van der Waals surface area contributed by atoms with Gasteiger partial charge in [0.05, 0.1) is 6.61 Å². The van der Waals surface area contributed by atoms with E-state index in [2.05, 4.69) is 10.5 Å². The summed E-state index contributed by atoms with van der Waals surface area (Å²) in [4.78, 5) is 20.2. The molecule has 0 aliphatic carbocycles. The molecule has 14 heavy (non-hydrogen) atoms. The lowest BCUT2D eigenvalue weighted by atomic mass is 10.2. The highest BCUT2D eigenvalue weighted by Gasteiger charge is 2.05. The molecule has 0 aromatic carbocycles. The van der Waals surface area contributed by atoms with E-state index in [1.54, 1.807) is 24.4 Å². The Bertz CT molecular complexity index is 285. The van der Waals surface area contributed by atoms with Crippen molar-refractivity contribution < 1.29 is 9.63 Å². The van der Waals surface area contributed by atoms with Gasteiger partial charge in [0.1, 0.15) is 5.69 Å². The molecule has 76 valence electrons. The quantitative estimate of drug-likeness (QED) is 0.737. The summed E-state index contributed by atoms with van der Waals surface area (Å²) < 4.78 is 0. The minimum Gasteiger partial charge on any atom is -0.273 e. The van der Waals surface area contributed by atoms with Gasteiger partial charge in [-0.2, -0.15) is 0 Å². The summed E-state index contributed by atoms with van der Waals surface area (Å²) in [5.41, 5.74) is 2.69. The van der Waals surface area contributed by atoms with E-state index in [1.165, 1.54) is 0 Å². The van der Waals surface area contributed by atoms with Gasteiger partial charge in [-0.3, -0.25) is 14.6 Å². The zero-order chi connectivity index (χ0) is 10.4. The number of pyridine rings is 1. The number of hydroxylamine groups is 1. The maximum atomic E-state index is 11.3. The van der Waals surface area contributed by atoms with E-state index in [4.69, 9.17) is 4.84 Å². The smallest absolute Gasteiger partial charge is 0.273 e. The predicted molar refractivity (Wildman–Crippen MR) is 52.5 cm³/mol. The minimum atomic E-state index is -0.314. The molecule has 0 unspecified atom stereocenters. The molecule has 0 saturated heterocycles. The fraction of sp³-hybridized carbons (Fsp3) is 0.400. The molecule has 1 amide bonds. The number of carbonyl (C=O) groups is 1. The number of hydrogen-bond donors (Lipinski definition) is 1. The SMILES string of the molecule is CC(C)CONC(=O)c1ccccn1. The van der Waals surface area contributed by atoms with Gasteiger partial charge >= 0.3 is 0 Å². The Kier molecular flexibility index (Phi) is 4.07. The molecule has 0 aliphatic rings. The van der Waals surface area contributed by atoms with Gasteiger partial charge in [0.25, 0.3) is 5.91 Å². The number of amides is 1. The second-order valence-corrected chi connectivity index (χ2v) is 3.35. The normalized spacial score (nSPS) is 10.2. The topological polar surface area (TPSA) is 51.2 Å². The number of nitrogens with zero attached hydrogens (tertiary/aromatic N) is 1.